The van der Waals surface area contributed by atoms with Crippen molar-refractivity contribution < 1.29 is 5.11 Å². The fourth-order valence-electron chi connectivity index (χ4n) is 3.79. The van der Waals surface area contributed by atoms with Crippen molar-refractivity contribution in [1.29, 1.82) is 0 Å². The third-order valence-corrected chi connectivity index (χ3v) is 6.05. The van der Waals surface area contributed by atoms with Gasteiger partial charge in [0.15, 0.2) is 0 Å². The molecule has 1 aliphatic rings. The van der Waals surface area contributed by atoms with Gasteiger partial charge in [0, 0.05) is 25.1 Å². The lowest BCUT2D eigenvalue weighted by Gasteiger charge is -2.29. The maximum Gasteiger partial charge on any atom is 0.0932 e. The Balaban J connectivity index is 1.89. The zero-order chi connectivity index (χ0) is 17.0. The summed E-state index contributed by atoms with van der Waals surface area (Å²) in [5, 5.41) is 17.2. The van der Waals surface area contributed by atoms with E-state index in [0.717, 1.165) is 27.0 Å². The molecule has 1 aromatic heterocycles. The number of aliphatic hydroxyl groups is 1. The van der Waals surface area contributed by atoms with E-state index in [2.05, 4.69) is 34.3 Å². The molecule has 0 bridgehead atoms. The number of hydrogen-bond acceptors (Lipinski definition) is 3. The van der Waals surface area contributed by atoms with Crippen molar-refractivity contribution in [3.8, 4) is 11.1 Å². The molecule has 4 aromatic rings. The van der Waals surface area contributed by atoms with Crippen molar-refractivity contribution in [2.24, 2.45) is 5.11 Å². The molecule has 120 valence electrons. The Morgan fingerprint density at radius 2 is 1.68 bits per heavy atom. The van der Waals surface area contributed by atoms with Crippen LogP contribution in [0.25, 0.3) is 41.7 Å². The average Bonchev–Trinajstić information content (AvgIpc) is 3.01. The van der Waals surface area contributed by atoms with Gasteiger partial charge < -0.3 is 5.11 Å². The summed E-state index contributed by atoms with van der Waals surface area (Å²) in [6.45, 7) is 0. The van der Waals surface area contributed by atoms with Crippen molar-refractivity contribution in [2.45, 2.75) is 12.1 Å². The maximum absolute atomic E-state index is 10.9. The van der Waals surface area contributed by atoms with Crippen LogP contribution in [-0.4, -0.2) is 5.11 Å². The summed E-state index contributed by atoms with van der Waals surface area (Å²) < 4.78 is 2.37. The van der Waals surface area contributed by atoms with Gasteiger partial charge in [0.25, 0.3) is 0 Å². The quantitative estimate of drug-likeness (QED) is 0.252. The third kappa shape index (κ3) is 2.01. The van der Waals surface area contributed by atoms with Gasteiger partial charge in [-0.05, 0) is 46.0 Å². The number of nitrogens with zero attached hydrogens (tertiary/aromatic N) is 3. The van der Waals surface area contributed by atoms with Gasteiger partial charge in [-0.3, -0.25) is 0 Å². The monoisotopic (exact) mass is 343 g/mol. The molecule has 0 saturated carbocycles. The fourth-order valence-corrected chi connectivity index (χ4v) is 4.92. The largest absolute Gasteiger partial charge is 0.388 e. The first-order chi connectivity index (χ1) is 12.3. The molecule has 1 aliphatic carbocycles. The lowest BCUT2D eigenvalue weighted by Crippen LogP contribution is -2.15. The van der Waals surface area contributed by atoms with Crippen molar-refractivity contribution in [1.82, 2.24) is 0 Å². The molecule has 1 N–H and O–H groups in total. The summed E-state index contributed by atoms with van der Waals surface area (Å²) in [6.07, 6.45) is -0.838. The molecule has 5 heteroatoms. The van der Waals surface area contributed by atoms with Gasteiger partial charge in [-0.15, -0.1) is 11.3 Å². The third-order valence-electron chi connectivity index (χ3n) is 4.91. The van der Waals surface area contributed by atoms with Crippen molar-refractivity contribution in [3.05, 3.63) is 82.2 Å². The number of rotatable bonds is 1. The van der Waals surface area contributed by atoms with Crippen LogP contribution < -0.4 is 0 Å². The maximum atomic E-state index is 10.9. The van der Waals surface area contributed by atoms with Crippen LogP contribution in [0.3, 0.4) is 0 Å². The molecule has 0 spiro atoms. The Labute approximate surface area is 147 Å². The molecule has 0 unspecified atom stereocenters. The molecule has 25 heavy (non-hydrogen) atoms. The van der Waals surface area contributed by atoms with E-state index in [1.807, 2.05) is 36.4 Å². The number of thiophene rings is 1. The number of fused-ring (bicyclic) bond motifs is 6. The van der Waals surface area contributed by atoms with E-state index >= 15 is 0 Å². The Kier molecular flexibility index (Phi) is 3.09. The second-order valence-corrected chi connectivity index (χ2v) is 7.30. The molecule has 1 heterocycles. The first-order valence-corrected chi connectivity index (χ1v) is 8.86. The van der Waals surface area contributed by atoms with Crippen LogP contribution in [0.5, 0.6) is 0 Å². The van der Waals surface area contributed by atoms with Crippen LogP contribution in [0.15, 0.2) is 65.8 Å². The van der Waals surface area contributed by atoms with Crippen LogP contribution in [0.4, 0.5) is 0 Å². The van der Waals surface area contributed by atoms with E-state index in [-0.39, 0.29) is 0 Å². The SMILES string of the molecule is [N-]=[N+]=N[C@H]1c2ccccc2-c2cc3c(cc2[C@@H]1O)sc1ccccc13. The predicted octanol–water partition coefficient (Wildman–Crippen LogP) is 6.12. The van der Waals surface area contributed by atoms with Crippen molar-refractivity contribution >= 4 is 31.5 Å². The summed E-state index contributed by atoms with van der Waals surface area (Å²) >= 11 is 1.72. The molecule has 2 atom stereocenters. The lowest BCUT2D eigenvalue weighted by molar-refractivity contribution is 0.146. The standard InChI is InChI=1S/C20H13N3OS/c21-23-22-19-13-7-2-1-5-11(13)14-9-15-12-6-3-4-8-17(12)25-18(15)10-16(14)20(19)24/h1-10,19-20,24H/t19-,20-/m0/s1. The van der Waals surface area contributed by atoms with Crippen LogP contribution >= 0.6 is 11.3 Å². The molecule has 0 saturated heterocycles. The van der Waals surface area contributed by atoms with E-state index in [9.17, 15) is 5.11 Å². The minimum Gasteiger partial charge on any atom is -0.388 e. The second-order valence-electron chi connectivity index (χ2n) is 6.22. The highest BCUT2D eigenvalue weighted by Crippen LogP contribution is 2.49. The highest BCUT2D eigenvalue weighted by Gasteiger charge is 2.32. The average molecular weight is 343 g/mol. The fraction of sp³-hybridized carbons (Fsp3) is 0.100. The Morgan fingerprint density at radius 3 is 2.56 bits per heavy atom. The molecule has 4 nitrogen and oxygen atoms in total. The molecule has 3 aromatic carbocycles. The highest BCUT2D eigenvalue weighted by atomic mass is 32.1. The Morgan fingerprint density at radius 1 is 0.880 bits per heavy atom. The number of hydrogen-bond donors (Lipinski definition) is 1. The first kappa shape index (κ1) is 14.5. The van der Waals surface area contributed by atoms with Gasteiger partial charge in [-0.25, -0.2) is 0 Å². The number of azide groups is 1. The summed E-state index contributed by atoms with van der Waals surface area (Å²) in [5.41, 5.74) is 12.7. The summed E-state index contributed by atoms with van der Waals surface area (Å²) in [7, 11) is 0. The molecule has 0 radical (unpaired) electrons. The zero-order valence-corrected chi connectivity index (χ0v) is 13.9. The summed E-state index contributed by atoms with van der Waals surface area (Å²) in [4.78, 5) is 2.95. The highest BCUT2D eigenvalue weighted by molar-refractivity contribution is 7.25. The van der Waals surface area contributed by atoms with E-state index in [0.29, 0.717) is 0 Å². The number of aliphatic hydroxyl groups excluding tert-OH is 1. The van der Waals surface area contributed by atoms with Crippen LogP contribution in [0, 0.1) is 0 Å². The van der Waals surface area contributed by atoms with E-state index in [1.165, 1.54) is 15.5 Å². The van der Waals surface area contributed by atoms with Crippen LogP contribution in [-0.2, 0) is 0 Å². The molecular weight excluding hydrogens is 330 g/mol. The molecule has 0 amide bonds. The lowest BCUT2D eigenvalue weighted by atomic mass is 9.80. The molecule has 0 aliphatic heterocycles. The van der Waals surface area contributed by atoms with Crippen molar-refractivity contribution in [2.75, 3.05) is 0 Å². The van der Waals surface area contributed by atoms with Gasteiger partial charge in [0.1, 0.15) is 0 Å². The second kappa shape index (κ2) is 5.33. The van der Waals surface area contributed by atoms with Gasteiger partial charge in [-0.1, -0.05) is 47.6 Å². The van der Waals surface area contributed by atoms with Gasteiger partial charge in [0.05, 0.1) is 12.1 Å². The van der Waals surface area contributed by atoms with Gasteiger partial charge in [-0.2, -0.15) is 0 Å². The Bertz CT molecular complexity index is 1190. The zero-order valence-electron chi connectivity index (χ0n) is 13.1. The molecule has 0 fully saturated rings. The van der Waals surface area contributed by atoms with Crippen molar-refractivity contribution in [3.63, 3.8) is 0 Å². The molecular formula is C20H13N3OS. The van der Waals surface area contributed by atoms with Crippen LogP contribution in [0.1, 0.15) is 23.3 Å². The minimum atomic E-state index is -0.838. The van der Waals surface area contributed by atoms with E-state index in [1.54, 1.807) is 11.3 Å². The van der Waals surface area contributed by atoms with Gasteiger partial charge in [0.2, 0.25) is 0 Å². The normalized spacial score (nSPS) is 18.6. The predicted molar refractivity (Wildman–Crippen MR) is 102 cm³/mol. The molecule has 5 rings (SSSR count). The van der Waals surface area contributed by atoms with E-state index in [4.69, 9.17) is 5.53 Å². The van der Waals surface area contributed by atoms with Crippen LogP contribution in [0.2, 0.25) is 0 Å². The summed E-state index contributed by atoms with van der Waals surface area (Å²) in [6, 6.07) is 19.8. The minimum absolute atomic E-state index is 0.597. The summed E-state index contributed by atoms with van der Waals surface area (Å²) in [5.74, 6) is 0. The smallest absolute Gasteiger partial charge is 0.0932 e. The topological polar surface area (TPSA) is 69.0 Å². The Hall–Kier alpha value is -2.85. The van der Waals surface area contributed by atoms with E-state index < -0.39 is 12.1 Å². The number of benzene rings is 3. The van der Waals surface area contributed by atoms with Gasteiger partial charge >= 0.3 is 0 Å². The first-order valence-electron chi connectivity index (χ1n) is 8.04.